The zero-order valence-electron chi connectivity index (χ0n) is 12.0. The quantitative estimate of drug-likeness (QED) is 0.911. The lowest BCUT2D eigenvalue weighted by atomic mass is 9.76. The molecule has 1 unspecified atom stereocenters. The first-order valence-corrected chi connectivity index (χ1v) is 7.53. The highest BCUT2D eigenvalue weighted by Gasteiger charge is 2.37. The van der Waals surface area contributed by atoms with Gasteiger partial charge in [-0.15, -0.1) is 0 Å². The first-order valence-electron chi connectivity index (χ1n) is 7.53. The second kappa shape index (κ2) is 5.79. The van der Waals surface area contributed by atoms with Crippen LogP contribution < -0.4 is 5.73 Å². The van der Waals surface area contributed by atoms with E-state index in [1.165, 1.54) is 6.42 Å². The number of hydrogen-bond donors (Lipinski definition) is 1. The van der Waals surface area contributed by atoms with E-state index < -0.39 is 5.54 Å². The van der Waals surface area contributed by atoms with Gasteiger partial charge in [0.15, 0.2) is 11.9 Å². The second-order valence-corrected chi connectivity index (χ2v) is 5.90. The molecule has 112 valence electrons. The van der Waals surface area contributed by atoms with E-state index in [4.69, 9.17) is 19.7 Å². The summed E-state index contributed by atoms with van der Waals surface area (Å²) in [5.74, 6) is 1.89. The summed E-state index contributed by atoms with van der Waals surface area (Å²) < 4.78 is 16.3. The number of aromatic nitrogens is 2. The lowest BCUT2D eigenvalue weighted by Crippen LogP contribution is -2.41. The fraction of sp³-hybridized carbons (Fsp3) is 0.857. The molecule has 6 nitrogen and oxygen atoms in total. The molecule has 1 aliphatic heterocycles. The lowest BCUT2D eigenvalue weighted by Gasteiger charge is -2.34. The molecule has 1 aromatic heterocycles. The molecule has 0 bridgehead atoms. The Morgan fingerprint density at radius 2 is 2.10 bits per heavy atom. The molecule has 1 saturated carbocycles. The summed E-state index contributed by atoms with van der Waals surface area (Å²) in [6.45, 7) is 3.89. The number of rotatable bonds is 3. The lowest BCUT2D eigenvalue weighted by molar-refractivity contribution is -0.101. The summed E-state index contributed by atoms with van der Waals surface area (Å²) in [4.78, 5) is 4.47. The molecule has 20 heavy (non-hydrogen) atoms. The minimum Gasteiger partial charge on any atom is -0.376 e. The van der Waals surface area contributed by atoms with Crippen molar-refractivity contribution >= 4 is 0 Å². The van der Waals surface area contributed by atoms with Crippen LogP contribution in [0.3, 0.4) is 0 Å². The summed E-state index contributed by atoms with van der Waals surface area (Å²) in [5, 5.41) is 4.09. The Hall–Kier alpha value is -0.980. The number of ether oxygens (including phenoxy) is 2. The SMILES string of the molecule is CCC1CCC(N)(c2noc(C3COCCO3)n2)CC1. The molecule has 6 heteroatoms. The van der Waals surface area contributed by atoms with Gasteiger partial charge in [-0.25, -0.2) is 0 Å². The van der Waals surface area contributed by atoms with Gasteiger partial charge in [0, 0.05) is 0 Å². The average Bonchev–Trinajstić information content (AvgIpc) is 3.00. The first kappa shape index (κ1) is 14.0. The second-order valence-electron chi connectivity index (χ2n) is 5.90. The van der Waals surface area contributed by atoms with E-state index in [2.05, 4.69) is 17.1 Å². The van der Waals surface area contributed by atoms with Crippen LogP contribution in [0.25, 0.3) is 0 Å². The summed E-state index contributed by atoms with van der Waals surface area (Å²) in [6, 6.07) is 0. The molecule has 0 aromatic carbocycles. The van der Waals surface area contributed by atoms with Crippen LogP contribution in [0.2, 0.25) is 0 Å². The van der Waals surface area contributed by atoms with E-state index in [1.54, 1.807) is 0 Å². The summed E-state index contributed by atoms with van der Waals surface area (Å²) in [5.41, 5.74) is 6.04. The highest BCUT2D eigenvalue weighted by molar-refractivity contribution is 5.07. The van der Waals surface area contributed by atoms with Crippen LogP contribution in [-0.4, -0.2) is 30.0 Å². The van der Waals surface area contributed by atoms with Crippen LogP contribution in [0.15, 0.2) is 4.52 Å². The van der Waals surface area contributed by atoms with Gasteiger partial charge >= 0.3 is 0 Å². The van der Waals surface area contributed by atoms with Crippen molar-refractivity contribution in [3.05, 3.63) is 11.7 Å². The van der Waals surface area contributed by atoms with E-state index in [0.717, 1.165) is 31.6 Å². The summed E-state index contributed by atoms with van der Waals surface area (Å²) in [6.07, 6.45) is 5.10. The van der Waals surface area contributed by atoms with Gasteiger partial charge in [-0.2, -0.15) is 4.98 Å². The van der Waals surface area contributed by atoms with Gasteiger partial charge in [0.25, 0.3) is 5.89 Å². The molecule has 0 amide bonds. The molecule has 1 aliphatic carbocycles. The van der Waals surface area contributed by atoms with Crippen LogP contribution in [0, 0.1) is 5.92 Å². The molecule has 2 fully saturated rings. The van der Waals surface area contributed by atoms with Crippen LogP contribution >= 0.6 is 0 Å². The fourth-order valence-corrected chi connectivity index (χ4v) is 3.02. The molecule has 1 saturated heterocycles. The van der Waals surface area contributed by atoms with Crippen LogP contribution in [0.5, 0.6) is 0 Å². The maximum Gasteiger partial charge on any atom is 0.258 e. The third kappa shape index (κ3) is 2.73. The van der Waals surface area contributed by atoms with Gasteiger partial charge < -0.3 is 19.7 Å². The van der Waals surface area contributed by atoms with Gasteiger partial charge in [-0.1, -0.05) is 18.5 Å². The molecule has 3 rings (SSSR count). The number of nitrogens with zero attached hydrogens (tertiary/aromatic N) is 2. The van der Waals surface area contributed by atoms with Crippen molar-refractivity contribution in [2.24, 2.45) is 11.7 Å². The van der Waals surface area contributed by atoms with Gasteiger partial charge in [-0.05, 0) is 31.6 Å². The minimum atomic E-state index is -0.442. The van der Waals surface area contributed by atoms with Crippen molar-refractivity contribution in [1.29, 1.82) is 0 Å². The molecular weight excluding hydrogens is 258 g/mol. The Bertz CT molecular complexity index is 435. The van der Waals surface area contributed by atoms with E-state index in [-0.39, 0.29) is 6.10 Å². The molecule has 1 atom stereocenters. The van der Waals surface area contributed by atoms with E-state index in [9.17, 15) is 0 Å². The van der Waals surface area contributed by atoms with E-state index >= 15 is 0 Å². The first-order chi connectivity index (χ1) is 9.71. The summed E-state index contributed by atoms with van der Waals surface area (Å²) >= 11 is 0. The van der Waals surface area contributed by atoms with Crippen molar-refractivity contribution in [1.82, 2.24) is 10.1 Å². The zero-order valence-corrected chi connectivity index (χ0v) is 12.0. The highest BCUT2D eigenvalue weighted by atomic mass is 16.6. The average molecular weight is 281 g/mol. The Kier molecular flexibility index (Phi) is 4.05. The number of hydrogen-bond acceptors (Lipinski definition) is 6. The zero-order chi connectivity index (χ0) is 14.0. The molecule has 2 aliphatic rings. The van der Waals surface area contributed by atoms with Crippen molar-refractivity contribution in [3.8, 4) is 0 Å². The Labute approximate surface area is 119 Å². The highest BCUT2D eigenvalue weighted by Crippen LogP contribution is 2.37. The van der Waals surface area contributed by atoms with Gasteiger partial charge in [0.2, 0.25) is 0 Å². The van der Waals surface area contributed by atoms with Gasteiger partial charge in [0.05, 0.1) is 25.4 Å². The fourth-order valence-electron chi connectivity index (χ4n) is 3.02. The maximum atomic E-state index is 6.48. The topological polar surface area (TPSA) is 83.4 Å². The van der Waals surface area contributed by atoms with Crippen molar-refractivity contribution in [2.75, 3.05) is 19.8 Å². The van der Waals surface area contributed by atoms with Crippen LogP contribution in [0.4, 0.5) is 0 Å². The standard InChI is InChI=1S/C14H23N3O3/c1-2-10-3-5-14(15,6-4-10)13-16-12(20-17-13)11-9-18-7-8-19-11/h10-11H,2-9,15H2,1H3. The monoisotopic (exact) mass is 281 g/mol. The Morgan fingerprint density at radius 3 is 2.75 bits per heavy atom. The molecule has 0 spiro atoms. The molecular formula is C14H23N3O3. The molecule has 2 heterocycles. The minimum absolute atomic E-state index is 0.249. The van der Waals surface area contributed by atoms with Gasteiger partial charge in [0.1, 0.15) is 0 Å². The van der Waals surface area contributed by atoms with Crippen molar-refractivity contribution in [3.63, 3.8) is 0 Å². The van der Waals surface area contributed by atoms with Crippen molar-refractivity contribution in [2.45, 2.75) is 50.7 Å². The molecule has 1 aromatic rings. The predicted octanol–water partition coefficient (Wildman–Crippen LogP) is 1.91. The Balaban J connectivity index is 1.69. The maximum absolute atomic E-state index is 6.48. The normalized spacial score (nSPS) is 35.1. The third-order valence-corrected chi connectivity index (χ3v) is 4.55. The smallest absolute Gasteiger partial charge is 0.258 e. The molecule has 0 radical (unpaired) electrons. The van der Waals surface area contributed by atoms with Crippen LogP contribution in [0.1, 0.15) is 56.8 Å². The third-order valence-electron chi connectivity index (χ3n) is 4.55. The predicted molar refractivity (Wildman–Crippen MR) is 71.9 cm³/mol. The summed E-state index contributed by atoms with van der Waals surface area (Å²) in [7, 11) is 0. The molecule has 2 N–H and O–H groups in total. The Morgan fingerprint density at radius 1 is 1.30 bits per heavy atom. The largest absolute Gasteiger partial charge is 0.376 e. The van der Waals surface area contributed by atoms with Crippen LogP contribution in [-0.2, 0) is 15.0 Å². The van der Waals surface area contributed by atoms with E-state index in [1.807, 2.05) is 0 Å². The van der Waals surface area contributed by atoms with E-state index in [0.29, 0.717) is 31.5 Å². The number of nitrogens with two attached hydrogens (primary N) is 1. The van der Waals surface area contributed by atoms with Gasteiger partial charge in [-0.3, -0.25) is 0 Å². The van der Waals surface area contributed by atoms with Crippen molar-refractivity contribution < 1.29 is 14.0 Å².